The third-order valence-electron chi connectivity index (χ3n) is 2.98. The van der Waals surface area contributed by atoms with Gasteiger partial charge in [0.05, 0.1) is 5.69 Å². The van der Waals surface area contributed by atoms with Crippen molar-refractivity contribution in [3.63, 3.8) is 0 Å². The van der Waals surface area contributed by atoms with Gasteiger partial charge in [-0.2, -0.15) is 0 Å². The number of aryl methyl sites for hydroxylation is 1. The number of halogens is 1. The number of amides is 1. The van der Waals surface area contributed by atoms with Crippen molar-refractivity contribution in [2.24, 2.45) is 0 Å². The van der Waals surface area contributed by atoms with Gasteiger partial charge in [-0.05, 0) is 35.0 Å². The number of carbonyl (C=O) groups is 1. The predicted molar refractivity (Wildman–Crippen MR) is 86.2 cm³/mol. The Hall–Kier alpha value is -1.99. The van der Waals surface area contributed by atoms with Crippen molar-refractivity contribution < 1.29 is 4.79 Å². The van der Waals surface area contributed by atoms with Gasteiger partial charge in [0.15, 0.2) is 4.96 Å². The number of aromatic nitrogens is 2. The van der Waals surface area contributed by atoms with Gasteiger partial charge in [-0.1, -0.05) is 12.1 Å². The number of para-hydroxylation sites is 1. The molecule has 0 bridgehead atoms. The molecule has 0 radical (unpaired) electrons. The van der Waals surface area contributed by atoms with Crippen LogP contribution in [0.4, 0.5) is 5.69 Å². The molecule has 0 unspecified atom stereocenters. The van der Waals surface area contributed by atoms with Gasteiger partial charge in [0.2, 0.25) is 0 Å². The Morgan fingerprint density at radius 3 is 2.90 bits per heavy atom. The lowest BCUT2D eigenvalue weighted by Crippen LogP contribution is -2.26. The van der Waals surface area contributed by atoms with E-state index in [0.29, 0.717) is 10.6 Å². The van der Waals surface area contributed by atoms with Crippen LogP contribution in [0.1, 0.15) is 16.1 Å². The van der Waals surface area contributed by atoms with E-state index < -0.39 is 5.91 Å². The second-order valence-electron chi connectivity index (χ2n) is 4.41. The first-order valence-electron chi connectivity index (χ1n) is 6.09. The maximum atomic E-state index is 12.4. The maximum Gasteiger partial charge on any atom is 0.271 e. The molecule has 0 saturated carbocycles. The van der Waals surface area contributed by atoms with Gasteiger partial charge in [-0.15, -0.1) is 11.3 Å². The monoisotopic (exact) mass is 363 g/mol. The zero-order chi connectivity index (χ0) is 15.0. The van der Waals surface area contributed by atoms with Crippen LogP contribution in [0.2, 0.25) is 0 Å². The predicted octanol–water partition coefficient (Wildman–Crippen LogP) is 3.08. The van der Waals surface area contributed by atoms with Gasteiger partial charge in [0.25, 0.3) is 11.5 Å². The van der Waals surface area contributed by atoms with Gasteiger partial charge in [0, 0.05) is 21.7 Å². The summed E-state index contributed by atoms with van der Waals surface area (Å²) in [4.78, 5) is 29.4. The smallest absolute Gasteiger partial charge is 0.271 e. The van der Waals surface area contributed by atoms with Crippen LogP contribution in [0.3, 0.4) is 0 Å². The number of carbonyl (C=O) groups excluding carboxylic acids is 1. The first-order chi connectivity index (χ1) is 10.1. The van der Waals surface area contributed by atoms with Crippen LogP contribution < -0.4 is 10.9 Å². The van der Waals surface area contributed by atoms with E-state index in [1.165, 1.54) is 21.9 Å². The largest absolute Gasteiger partial charge is 0.321 e. The Balaban J connectivity index is 2.03. The molecule has 0 fully saturated rings. The van der Waals surface area contributed by atoms with E-state index in [1.54, 1.807) is 12.1 Å². The maximum absolute atomic E-state index is 12.4. The van der Waals surface area contributed by atoms with Gasteiger partial charge in [0.1, 0.15) is 5.56 Å². The summed E-state index contributed by atoms with van der Waals surface area (Å²) in [5.41, 5.74) is 1.03. The van der Waals surface area contributed by atoms with E-state index in [4.69, 9.17) is 0 Å². The number of nitrogens with zero attached hydrogens (tertiary/aromatic N) is 2. The summed E-state index contributed by atoms with van der Waals surface area (Å²) in [5.74, 6) is -0.473. The first-order valence-corrected chi connectivity index (χ1v) is 7.77. The second-order valence-corrected chi connectivity index (χ2v) is 6.10. The van der Waals surface area contributed by atoms with Crippen molar-refractivity contribution in [2.45, 2.75) is 6.92 Å². The number of rotatable bonds is 2. The molecule has 3 rings (SSSR count). The van der Waals surface area contributed by atoms with Crippen molar-refractivity contribution in [1.82, 2.24) is 9.38 Å². The SMILES string of the molecule is Cc1csc2ncc(C(=O)Nc3ccccc3Br)c(=O)n12. The topological polar surface area (TPSA) is 63.5 Å². The fourth-order valence-electron chi connectivity index (χ4n) is 1.93. The summed E-state index contributed by atoms with van der Waals surface area (Å²) in [6.45, 7) is 1.81. The second kappa shape index (κ2) is 5.42. The van der Waals surface area contributed by atoms with Gasteiger partial charge < -0.3 is 5.32 Å². The summed E-state index contributed by atoms with van der Waals surface area (Å²) < 4.78 is 2.19. The van der Waals surface area contributed by atoms with Crippen LogP contribution in [-0.4, -0.2) is 15.3 Å². The summed E-state index contributed by atoms with van der Waals surface area (Å²) >= 11 is 4.72. The quantitative estimate of drug-likeness (QED) is 0.760. The van der Waals surface area contributed by atoms with E-state index in [2.05, 4.69) is 26.2 Å². The Morgan fingerprint density at radius 1 is 1.38 bits per heavy atom. The molecular weight excluding hydrogens is 354 g/mol. The third-order valence-corrected chi connectivity index (χ3v) is 4.63. The van der Waals surface area contributed by atoms with Crippen molar-refractivity contribution >= 4 is 43.8 Å². The summed E-state index contributed by atoms with van der Waals surface area (Å²) in [5, 5.41) is 4.54. The van der Waals surface area contributed by atoms with Crippen LogP contribution in [0.25, 0.3) is 4.96 Å². The number of hydrogen-bond donors (Lipinski definition) is 1. The van der Waals surface area contributed by atoms with E-state index in [-0.39, 0.29) is 11.1 Å². The zero-order valence-electron chi connectivity index (χ0n) is 11.0. The Labute approximate surface area is 132 Å². The molecule has 1 amide bonds. The molecular formula is C14H10BrN3O2S. The molecule has 5 nitrogen and oxygen atoms in total. The van der Waals surface area contributed by atoms with E-state index >= 15 is 0 Å². The number of anilines is 1. The molecule has 0 saturated heterocycles. The highest BCUT2D eigenvalue weighted by molar-refractivity contribution is 9.10. The number of hydrogen-bond acceptors (Lipinski definition) is 4. The third kappa shape index (κ3) is 2.50. The molecule has 7 heteroatoms. The van der Waals surface area contributed by atoms with Crippen LogP contribution in [0, 0.1) is 6.92 Å². The van der Waals surface area contributed by atoms with Crippen LogP contribution >= 0.6 is 27.3 Å². The summed E-state index contributed by atoms with van der Waals surface area (Å²) in [6, 6.07) is 7.21. The molecule has 1 aromatic carbocycles. The van der Waals surface area contributed by atoms with E-state index in [1.807, 2.05) is 24.4 Å². The minimum Gasteiger partial charge on any atom is -0.321 e. The fraction of sp³-hybridized carbons (Fsp3) is 0.0714. The Bertz CT molecular complexity index is 901. The molecule has 21 heavy (non-hydrogen) atoms. The van der Waals surface area contributed by atoms with Gasteiger partial charge in [-0.25, -0.2) is 4.98 Å². The molecule has 0 aliphatic carbocycles. The first kappa shape index (κ1) is 14.0. The molecule has 0 spiro atoms. The van der Waals surface area contributed by atoms with Crippen molar-refractivity contribution in [1.29, 1.82) is 0 Å². The highest BCUT2D eigenvalue weighted by Crippen LogP contribution is 2.21. The number of fused-ring (bicyclic) bond motifs is 1. The fourth-order valence-corrected chi connectivity index (χ4v) is 3.14. The van der Waals surface area contributed by atoms with Crippen molar-refractivity contribution in [3.8, 4) is 0 Å². The van der Waals surface area contributed by atoms with Crippen molar-refractivity contribution in [2.75, 3.05) is 5.32 Å². The van der Waals surface area contributed by atoms with Crippen LogP contribution in [0.15, 0.2) is 45.1 Å². The molecule has 3 aromatic rings. The zero-order valence-corrected chi connectivity index (χ0v) is 13.4. The average molecular weight is 364 g/mol. The average Bonchev–Trinajstić information content (AvgIpc) is 2.84. The molecule has 2 aromatic heterocycles. The summed E-state index contributed by atoms with van der Waals surface area (Å²) in [7, 11) is 0. The summed E-state index contributed by atoms with van der Waals surface area (Å²) in [6.07, 6.45) is 1.32. The van der Waals surface area contributed by atoms with Crippen LogP contribution in [-0.2, 0) is 0 Å². The Morgan fingerprint density at radius 2 is 2.14 bits per heavy atom. The van der Waals surface area contributed by atoms with Gasteiger partial charge in [-0.3, -0.25) is 14.0 Å². The molecule has 0 aliphatic heterocycles. The molecule has 2 heterocycles. The minimum absolute atomic E-state index is 0.0183. The lowest BCUT2D eigenvalue weighted by Gasteiger charge is -2.07. The van der Waals surface area contributed by atoms with Crippen molar-refractivity contribution in [3.05, 3.63) is 61.9 Å². The lowest BCUT2D eigenvalue weighted by atomic mass is 10.2. The molecule has 0 atom stereocenters. The molecule has 106 valence electrons. The van der Waals surface area contributed by atoms with E-state index in [9.17, 15) is 9.59 Å². The normalized spacial score (nSPS) is 10.8. The highest BCUT2D eigenvalue weighted by Gasteiger charge is 2.16. The highest BCUT2D eigenvalue weighted by atomic mass is 79.9. The number of benzene rings is 1. The molecule has 0 aliphatic rings. The van der Waals surface area contributed by atoms with E-state index in [0.717, 1.165) is 10.2 Å². The minimum atomic E-state index is -0.473. The van der Waals surface area contributed by atoms with Crippen LogP contribution in [0.5, 0.6) is 0 Å². The van der Waals surface area contributed by atoms with Gasteiger partial charge >= 0.3 is 0 Å². The molecule has 1 N–H and O–H groups in total. The number of thiazole rings is 1. The standard InChI is InChI=1S/C14H10BrN3O2S/c1-8-7-21-14-16-6-9(13(20)18(8)14)12(19)17-11-5-3-2-4-10(11)15/h2-7H,1H3,(H,17,19). The lowest BCUT2D eigenvalue weighted by molar-refractivity contribution is 0.102. The Kier molecular flexibility index (Phi) is 3.60. The number of nitrogens with one attached hydrogen (secondary N) is 1.